The fourth-order valence-electron chi connectivity index (χ4n) is 2.23. The first-order chi connectivity index (χ1) is 11.4. The summed E-state index contributed by atoms with van der Waals surface area (Å²) in [4.78, 5) is 12.4. The molecule has 0 unspecified atom stereocenters. The molecule has 1 N–H and O–H groups in total. The van der Waals surface area contributed by atoms with Crippen LogP contribution in [-0.2, 0) is 11.3 Å². The van der Waals surface area contributed by atoms with Crippen molar-refractivity contribution in [3.05, 3.63) is 63.1 Å². The number of carbonyl (C=O) groups is 1. The standard InChI is InChI=1S/C19H21Cl2NO2/c1-4-18(24-16-8-5-12(2)13(3)9-16)19(23)22-11-14-6-7-15(20)10-17(14)21/h5-10,18H,4,11H2,1-3H3,(H,22,23)/t18-/m1/s1. The quantitative estimate of drug-likeness (QED) is 0.774. The second-order valence-electron chi connectivity index (χ2n) is 5.71. The van der Waals surface area contributed by atoms with Crippen molar-refractivity contribution >= 4 is 29.1 Å². The molecule has 0 aliphatic heterocycles. The van der Waals surface area contributed by atoms with Gasteiger partial charge < -0.3 is 10.1 Å². The monoisotopic (exact) mass is 365 g/mol. The SMILES string of the molecule is CC[C@@H](Oc1ccc(C)c(C)c1)C(=O)NCc1ccc(Cl)cc1Cl. The van der Waals surface area contributed by atoms with Crippen LogP contribution in [0.3, 0.4) is 0 Å². The minimum Gasteiger partial charge on any atom is -0.481 e. The lowest BCUT2D eigenvalue weighted by Crippen LogP contribution is -2.37. The van der Waals surface area contributed by atoms with Gasteiger partial charge in [-0.3, -0.25) is 4.79 Å². The molecule has 2 rings (SSSR count). The maximum Gasteiger partial charge on any atom is 0.261 e. The van der Waals surface area contributed by atoms with Gasteiger partial charge in [0.1, 0.15) is 5.75 Å². The van der Waals surface area contributed by atoms with Crippen molar-refractivity contribution in [2.45, 2.75) is 39.8 Å². The number of benzene rings is 2. The number of amides is 1. The summed E-state index contributed by atoms with van der Waals surface area (Å²) < 4.78 is 5.83. The van der Waals surface area contributed by atoms with Gasteiger partial charge in [-0.25, -0.2) is 0 Å². The zero-order valence-corrected chi connectivity index (χ0v) is 15.5. The molecule has 0 aliphatic carbocycles. The Morgan fingerprint density at radius 1 is 1.12 bits per heavy atom. The van der Waals surface area contributed by atoms with Crippen LogP contribution in [0.15, 0.2) is 36.4 Å². The summed E-state index contributed by atoms with van der Waals surface area (Å²) >= 11 is 12.0. The molecule has 5 heteroatoms. The third-order valence-electron chi connectivity index (χ3n) is 3.89. The van der Waals surface area contributed by atoms with E-state index >= 15 is 0 Å². The molecule has 0 aliphatic rings. The smallest absolute Gasteiger partial charge is 0.261 e. The van der Waals surface area contributed by atoms with Crippen LogP contribution in [0.4, 0.5) is 0 Å². The van der Waals surface area contributed by atoms with Gasteiger partial charge in [-0.05, 0) is 61.2 Å². The lowest BCUT2D eigenvalue weighted by Gasteiger charge is -2.18. The predicted octanol–water partition coefficient (Wildman–Crippen LogP) is 5.08. The number of ether oxygens (including phenoxy) is 1. The summed E-state index contributed by atoms with van der Waals surface area (Å²) in [6.07, 6.45) is 0.0331. The van der Waals surface area contributed by atoms with E-state index in [-0.39, 0.29) is 5.91 Å². The highest BCUT2D eigenvalue weighted by Gasteiger charge is 2.18. The molecule has 0 saturated carbocycles. The summed E-state index contributed by atoms with van der Waals surface area (Å²) in [7, 11) is 0. The zero-order chi connectivity index (χ0) is 17.7. The molecule has 1 atom stereocenters. The van der Waals surface area contributed by atoms with Crippen molar-refractivity contribution in [3.63, 3.8) is 0 Å². The summed E-state index contributed by atoms with van der Waals surface area (Å²) in [5.41, 5.74) is 3.14. The Morgan fingerprint density at radius 3 is 2.50 bits per heavy atom. The molecular formula is C19H21Cl2NO2. The van der Waals surface area contributed by atoms with Gasteiger partial charge in [-0.15, -0.1) is 0 Å². The van der Waals surface area contributed by atoms with Gasteiger partial charge in [0.25, 0.3) is 5.91 Å². The van der Waals surface area contributed by atoms with Gasteiger partial charge in [-0.1, -0.05) is 42.3 Å². The number of hydrogen-bond donors (Lipinski definition) is 1. The van der Waals surface area contributed by atoms with E-state index in [0.717, 1.165) is 11.1 Å². The average Bonchev–Trinajstić information content (AvgIpc) is 2.54. The van der Waals surface area contributed by atoms with E-state index in [2.05, 4.69) is 5.32 Å². The molecule has 2 aromatic carbocycles. The van der Waals surface area contributed by atoms with Crippen molar-refractivity contribution in [3.8, 4) is 5.75 Å². The molecule has 3 nitrogen and oxygen atoms in total. The van der Waals surface area contributed by atoms with E-state index in [9.17, 15) is 4.79 Å². The zero-order valence-electron chi connectivity index (χ0n) is 14.0. The molecule has 0 fully saturated rings. The van der Waals surface area contributed by atoms with Gasteiger partial charge >= 0.3 is 0 Å². The Morgan fingerprint density at radius 2 is 1.88 bits per heavy atom. The van der Waals surface area contributed by atoms with Crippen molar-refractivity contribution in [1.29, 1.82) is 0 Å². The predicted molar refractivity (Wildman–Crippen MR) is 98.9 cm³/mol. The Labute approximate surface area is 152 Å². The summed E-state index contributed by atoms with van der Waals surface area (Å²) in [5.74, 6) is 0.534. The van der Waals surface area contributed by atoms with Gasteiger partial charge in [0.2, 0.25) is 0 Å². The minimum absolute atomic E-state index is 0.165. The Balaban J connectivity index is 1.99. The fraction of sp³-hybridized carbons (Fsp3) is 0.316. The first kappa shape index (κ1) is 18.6. The van der Waals surface area contributed by atoms with E-state index in [1.165, 1.54) is 5.56 Å². The maximum absolute atomic E-state index is 12.4. The third-order valence-corrected chi connectivity index (χ3v) is 4.48. The van der Waals surface area contributed by atoms with Crippen LogP contribution in [-0.4, -0.2) is 12.0 Å². The van der Waals surface area contributed by atoms with Crippen LogP contribution in [0.1, 0.15) is 30.0 Å². The van der Waals surface area contributed by atoms with Gasteiger partial charge in [-0.2, -0.15) is 0 Å². The molecular weight excluding hydrogens is 345 g/mol. The minimum atomic E-state index is -0.543. The highest BCUT2D eigenvalue weighted by molar-refractivity contribution is 6.35. The second-order valence-corrected chi connectivity index (χ2v) is 6.56. The summed E-state index contributed by atoms with van der Waals surface area (Å²) in [5, 5.41) is 3.97. The van der Waals surface area contributed by atoms with E-state index in [4.69, 9.17) is 27.9 Å². The van der Waals surface area contributed by atoms with Crippen LogP contribution in [0.25, 0.3) is 0 Å². The Kier molecular flexibility index (Phi) is 6.52. The molecule has 24 heavy (non-hydrogen) atoms. The number of carbonyl (C=O) groups excluding carboxylic acids is 1. The van der Waals surface area contributed by atoms with Crippen molar-refractivity contribution < 1.29 is 9.53 Å². The largest absolute Gasteiger partial charge is 0.481 e. The van der Waals surface area contributed by atoms with Gasteiger partial charge in [0.05, 0.1) is 0 Å². The summed E-state index contributed by atoms with van der Waals surface area (Å²) in [6, 6.07) is 11.0. The molecule has 0 aromatic heterocycles. The van der Waals surface area contributed by atoms with Gasteiger partial charge in [0, 0.05) is 16.6 Å². The van der Waals surface area contributed by atoms with Crippen LogP contribution >= 0.6 is 23.2 Å². The molecule has 128 valence electrons. The summed E-state index contributed by atoms with van der Waals surface area (Å²) in [6.45, 7) is 6.31. The van der Waals surface area contributed by atoms with E-state index < -0.39 is 6.10 Å². The number of hydrogen-bond acceptors (Lipinski definition) is 2. The van der Waals surface area contributed by atoms with E-state index in [0.29, 0.717) is 28.8 Å². The number of halogens is 2. The normalized spacial score (nSPS) is 11.9. The van der Waals surface area contributed by atoms with E-state index in [1.54, 1.807) is 18.2 Å². The molecule has 0 radical (unpaired) electrons. The second kappa shape index (κ2) is 8.41. The first-order valence-electron chi connectivity index (χ1n) is 7.86. The molecule has 1 amide bonds. The van der Waals surface area contributed by atoms with Crippen molar-refractivity contribution in [2.24, 2.45) is 0 Å². The first-order valence-corrected chi connectivity index (χ1v) is 8.62. The topological polar surface area (TPSA) is 38.3 Å². The van der Waals surface area contributed by atoms with Gasteiger partial charge in [0.15, 0.2) is 6.10 Å². The van der Waals surface area contributed by atoms with Crippen LogP contribution in [0.5, 0.6) is 5.75 Å². The van der Waals surface area contributed by atoms with Crippen molar-refractivity contribution in [1.82, 2.24) is 5.32 Å². The molecule has 0 heterocycles. The number of rotatable bonds is 6. The lowest BCUT2D eigenvalue weighted by atomic mass is 10.1. The molecule has 2 aromatic rings. The van der Waals surface area contributed by atoms with Crippen LogP contribution < -0.4 is 10.1 Å². The average molecular weight is 366 g/mol. The number of nitrogens with one attached hydrogen (secondary N) is 1. The molecule has 0 spiro atoms. The lowest BCUT2D eigenvalue weighted by molar-refractivity contribution is -0.128. The molecule has 0 bridgehead atoms. The highest BCUT2D eigenvalue weighted by atomic mass is 35.5. The van der Waals surface area contributed by atoms with E-state index in [1.807, 2.05) is 39.0 Å². The highest BCUT2D eigenvalue weighted by Crippen LogP contribution is 2.21. The Bertz CT molecular complexity index is 731. The van der Waals surface area contributed by atoms with Crippen LogP contribution in [0, 0.1) is 13.8 Å². The number of aryl methyl sites for hydroxylation is 2. The Hall–Kier alpha value is -1.71. The maximum atomic E-state index is 12.4. The van der Waals surface area contributed by atoms with Crippen LogP contribution in [0.2, 0.25) is 10.0 Å². The molecule has 0 saturated heterocycles. The van der Waals surface area contributed by atoms with Crippen molar-refractivity contribution in [2.75, 3.05) is 0 Å². The fourth-order valence-corrected chi connectivity index (χ4v) is 2.71. The third kappa shape index (κ3) is 4.89.